The Kier molecular flexibility index (Phi) is 5.93. The number of ether oxygens (including phenoxy) is 1. The van der Waals surface area contributed by atoms with Crippen molar-refractivity contribution < 1.29 is 9.53 Å². The molecule has 21 heavy (non-hydrogen) atoms. The van der Waals surface area contributed by atoms with Crippen LogP contribution >= 0.6 is 11.8 Å². The molecule has 118 valence electrons. The molecular weight excluding hydrogens is 288 g/mol. The fourth-order valence-electron chi connectivity index (χ4n) is 2.53. The Morgan fingerprint density at radius 2 is 2.43 bits per heavy atom. The number of nitrogen functional groups attached to an aromatic ring is 1. The minimum absolute atomic E-state index is 0.0874. The minimum atomic E-state index is -0.0874. The van der Waals surface area contributed by atoms with E-state index in [0.717, 1.165) is 36.5 Å². The molecule has 2 rings (SSSR count). The van der Waals surface area contributed by atoms with Gasteiger partial charge in [-0.3, -0.25) is 9.89 Å². The van der Waals surface area contributed by atoms with Crippen molar-refractivity contribution >= 4 is 23.4 Å². The topological polar surface area (TPSA) is 84.2 Å². The second-order valence-electron chi connectivity index (χ2n) is 5.22. The number of carbonyl (C=O) groups excluding carboxylic acids is 1. The van der Waals surface area contributed by atoms with Crippen molar-refractivity contribution in [1.82, 2.24) is 15.1 Å². The van der Waals surface area contributed by atoms with E-state index in [-0.39, 0.29) is 11.9 Å². The molecule has 1 aromatic rings. The van der Waals surface area contributed by atoms with Gasteiger partial charge in [-0.2, -0.15) is 16.9 Å². The average molecular weight is 312 g/mol. The number of carbonyl (C=O) groups is 1. The second-order valence-corrected chi connectivity index (χ2v) is 6.37. The van der Waals surface area contributed by atoms with Gasteiger partial charge in [0.1, 0.15) is 0 Å². The number of H-pyrrole nitrogens is 1. The van der Waals surface area contributed by atoms with Gasteiger partial charge in [-0.25, -0.2) is 0 Å². The summed E-state index contributed by atoms with van der Waals surface area (Å²) in [6, 6.07) is 0.253. The van der Waals surface area contributed by atoms with Crippen LogP contribution in [0.2, 0.25) is 0 Å². The van der Waals surface area contributed by atoms with Crippen LogP contribution in [0.1, 0.15) is 35.9 Å². The summed E-state index contributed by atoms with van der Waals surface area (Å²) in [5.41, 5.74) is 7.78. The van der Waals surface area contributed by atoms with Crippen LogP contribution in [-0.4, -0.2) is 58.8 Å². The molecule has 1 aromatic heterocycles. The molecule has 1 atom stereocenters. The number of aromatic amines is 1. The van der Waals surface area contributed by atoms with Crippen LogP contribution in [0.5, 0.6) is 0 Å². The molecule has 3 N–H and O–H groups in total. The third kappa shape index (κ3) is 3.71. The zero-order chi connectivity index (χ0) is 15.2. The number of aromatic nitrogens is 2. The molecule has 0 saturated carbocycles. The Hall–Kier alpha value is -1.21. The number of methoxy groups -OCH3 is 1. The molecule has 1 aliphatic heterocycles. The number of thioether (sulfide) groups is 1. The summed E-state index contributed by atoms with van der Waals surface area (Å²) in [4.78, 5) is 14.6. The van der Waals surface area contributed by atoms with Crippen LogP contribution in [0.4, 0.5) is 5.69 Å². The molecule has 1 fully saturated rings. The number of hydrogen-bond acceptors (Lipinski definition) is 5. The number of nitrogens with two attached hydrogens (primary N) is 1. The van der Waals surface area contributed by atoms with Crippen molar-refractivity contribution in [2.45, 2.75) is 32.2 Å². The molecule has 0 aromatic carbocycles. The van der Waals surface area contributed by atoms with Gasteiger partial charge in [-0.15, -0.1) is 0 Å². The van der Waals surface area contributed by atoms with Gasteiger partial charge in [0, 0.05) is 25.4 Å². The number of nitrogens with zero attached hydrogens (tertiary/aromatic N) is 2. The number of aryl methyl sites for hydroxylation is 1. The maximum absolute atomic E-state index is 12.8. The van der Waals surface area contributed by atoms with Crippen molar-refractivity contribution in [3.63, 3.8) is 0 Å². The van der Waals surface area contributed by atoms with Gasteiger partial charge in [-0.05, 0) is 18.6 Å². The maximum atomic E-state index is 12.8. The highest BCUT2D eigenvalue weighted by atomic mass is 32.2. The van der Waals surface area contributed by atoms with Crippen molar-refractivity contribution in [3.05, 3.63) is 11.4 Å². The van der Waals surface area contributed by atoms with Gasteiger partial charge >= 0.3 is 0 Å². The predicted molar refractivity (Wildman–Crippen MR) is 85.6 cm³/mol. The highest BCUT2D eigenvalue weighted by Gasteiger charge is 2.30. The Labute approximate surface area is 129 Å². The molecule has 2 heterocycles. The van der Waals surface area contributed by atoms with E-state index in [4.69, 9.17) is 10.5 Å². The number of amides is 1. The standard InChI is InChI=1S/C14H24N4O2S/c1-3-4-11-12(15)13(17-16-11)14(19)18(6-7-20-2)10-5-8-21-9-10/h10H,3-9,15H2,1-2H3,(H,16,17). The highest BCUT2D eigenvalue weighted by Crippen LogP contribution is 2.25. The Balaban J connectivity index is 2.16. The fraction of sp³-hybridized carbons (Fsp3) is 0.714. The Bertz CT molecular complexity index is 472. The zero-order valence-corrected chi connectivity index (χ0v) is 13.5. The number of rotatable bonds is 7. The van der Waals surface area contributed by atoms with E-state index >= 15 is 0 Å². The third-order valence-corrected chi connectivity index (χ3v) is 4.87. The first-order valence-corrected chi connectivity index (χ1v) is 8.54. The molecule has 0 aliphatic carbocycles. The number of hydrogen-bond donors (Lipinski definition) is 2. The number of nitrogens with one attached hydrogen (secondary N) is 1. The van der Waals surface area contributed by atoms with Crippen molar-refractivity contribution in [2.24, 2.45) is 0 Å². The van der Waals surface area contributed by atoms with E-state index in [9.17, 15) is 4.79 Å². The minimum Gasteiger partial charge on any atom is -0.395 e. The van der Waals surface area contributed by atoms with Crippen LogP contribution < -0.4 is 5.73 Å². The monoisotopic (exact) mass is 312 g/mol. The lowest BCUT2D eigenvalue weighted by atomic mass is 10.1. The van der Waals surface area contributed by atoms with E-state index < -0.39 is 0 Å². The summed E-state index contributed by atoms with van der Waals surface area (Å²) >= 11 is 1.88. The van der Waals surface area contributed by atoms with Gasteiger partial charge in [0.05, 0.1) is 18.0 Å². The number of anilines is 1. The van der Waals surface area contributed by atoms with E-state index in [1.807, 2.05) is 16.7 Å². The fourth-order valence-corrected chi connectivity index (χ4v) is 3.76. The normalized spacial score (nSPS) is 18.1. The molecule has 1 unspecified atom stereocenters. The van der Waals surface area contributed by atoms with Gasteiger partial charge in [0.15, 0.2) is 5.69 Å². The van der Waals surface area contributed by atoms with Crippen LogP contribution in [0.25, 0.3) is 0 Å². The lowest BCUT2D eigenvalue weighted by Crippen LogP contribution is -2.42. The molecule has 1 amide bonds. The first-order chi connectivity index (χ1) is 10.2. The molecule has 6 nitrogen and oxygen atoms in total. The molecule has 1 aliphatic rings. The average Bonchev–Trinajstić information content (AvgIpc) is 3.11. The van der Waals surface area contributed by atoms with Crippen LogP contribution in [0.15, 0.2) is 0 Å². The first kappa shape index (κ1) is 16.2. The first-order valence-electron chi connectivity index (χ1n) is 7.39. The van der Waals surface area contributed by atoms with E-state index in [0.29, 0.717) is 24.5 Å². The SMILES string of the molecule is CCCc1[nH]nc(C(=O)N(CCOC)C2CCSC2)c1N. The van der Waals surface area contributed by atoms with Crippen LogP contribution in [0.3, 0.4) is 0 Å². The summed E-state index contributed by atoms with van der Waals surface area (Å²) in [5, 5.41) is 7.04. The summed E-state index contributed by atoms with van der Waals surface area (Å²) < 4.78 is 5.13. The van der Waals surface area contributed by atoms with Crippen molar-refractivity contribution in [1.29, 1.82) is 0 Å². The van der Waals surface area contributed by atoms with E-state index in [1.54, 1.807) is 7.11 Å². The second kappa shape index (κ2) is 7.70. The predicted octanol–water partition coefficient (Wildman–Crippen LogP) is 1.54. The lowest BCUT2D eigenvalue weighted by molar-refractivity contribution is 0.0620. The van der Waals surface area contributed by atoms with Crippen molar-refractivity contribution in [2.75, 3.05) is 37.5 Å². The van der Waals surface area contributed by atoms with Crippen LogP contribution in [0, 0.1) is 0 Å². The highest BCUT2D eigenvalue weighted by molar-refractivity contribution is 7.99. The molecule has 0 spiro atoms. The smallest absolute Gasteiger partial charge is 0.276 e. The Morgan fingerprint density at radius 3 is 3.05 bits per heavy atom. The van der Waals surface area contributed by atoms with Gasteiger partial charge < -0.3 is 15.4 Å². The lowest BCUT2D eigenvalue weighted by Gasteiger charge is -2.27. The zero-order valence-electron chi connectivity index (χ0n) is 12.7. The maximum Gasteiger partial charge on any atom is 0.276 e. The van der Waals surface area contributed by atoms with Gasteiger partial charge in [0.2, 0.25) is 0 Å². The molecule has 0 radical (unpaired) electrons. The largest absolute Gasteiger partial charge is 0.395 e. The Morgan fingerprint density at radius 1 is 1.62 bits per heavy atom. The molecular formula is C14H24N4O2S. The summed E-state index contributed by atoms with van der Waals surface area (Å²) in [6.45, 7) is 3.18. The van der Waals surface area contributed by atoms with Crippen molar-refractivity contribution in [3.8, 4) is 0 Å². The van der Waals surface area contributed by atoms with E-state index in [2.05, 4.69) is 17.1 Å². The molecule has 0 bridgehead atoms. The third-order valence-electron chi connectivity index (χ3n) is 3.73. The van der Waals surface area contributed by atoms with Gasteiger partial charge in [-0.1, -0.05) is 13.3 Å². The van der Waals surface area contributed by atoms with Crippen LogP contribution in [-0.2, 0) is 11.2 Å². The van der Waals surface area contributed by atoms with Gasteiger partial charge in [0.25, 0.3) is 5.91 Å². The quantitative estimate of drug-likeness (QED) is 0.798. The molecule has 1 saturated heterocycles. The summed E-state index contributed by atoms with van der Waals surface area (Å²) in [5.74, 6) is 1.98. The summed E-state index contributed by atoms with van der Waals surface area (Å²) in [6.07, 6.45) is 2.79. The summed E-state index contributed by atoms with van der Waals surface area (Å²) in [7, 11) is 1.65. The molecule has 7 heteroatoms. The van der Waals surface area contributed by atoms with E-state index in [1.165, 1.54) is 0 Å².